The first-order chi connectivity index (χ1) is 12.9. The van der Waals surface area contributed by atoms with E-state index in [2.05, 4.69) is 40.4 Å². The highest BCUT2D eigenvalue weighted by Crippen LogP contribution is 2.27. The quantitative estimate of drug-likeness (QED) is 0.624. The van der Waals surface area contributed by atoms with E-state index in [0.29, 0.717) is 41.6 Å². The molecule has 0 radical (unpaired) electrons. The monoisotopic (exact) mass is 432 g/mol. The lowest BCUT2D eigenvalue weighted by molar-refractivity contribution is 0.0956. The molecule has 0 bridgehead atoms. The molecule has 6 heteroatoms. The Balaban J connectivity index is 2.11. The van der Waals surface area contributed by atoms with Gasteiger partial charge in [0.1, 0.15) is 5.75 Å². The first-order valence-corrected chi connectivity index (χ1v) is 9.82. The van der Waals surface area contributed by atoms with Crippen molar-refractivity contribution in [1.29, 1.82) is 0 Å². The molecule has 2 N–H and O–H groups in total. The van der Waals surface area contributed by atoms with Crippen molar-refractivity contribution >= 4 is 33.4 Å². The second-order valence-electron chi connectivity index (χ2n) is 6.54. The lowest BCUT2D eigenvalue weighted by atomic mass is 10.1. The summed E-state index contributed by atoms with van der Waals surface area (Å²) in [6.45, 7) is 7.28. The minimum Gasteiger partial charge on any atom is -0.492 e. The fourth-order valence-electron chi connectivity index (χ4n) is 2.40. The molecule has 0 aliphatic rings. The molecule has 0 saturated heterocycles. The van der Waals surface area contributed by atoms with Gasteiger partial charge in [-0.05, 0) is 65.5 Å². The van der Waals surface area contributed by atoms with Crippen LogP contribution in [-0.4, -0.2) is 25.0 Å². The molecule has 144 valence electrons. The smallest absolute Gasteiger partial charge is 0.255 e. The van der Waals surface area contributed by atoms with Crippen LogP contribution in [0.2, 0.25) is 0 Å². The average molecular weight is 433 g/mol. The van der Waals surface area contributed by atoms with Crippen molar-refractivity contribution in [3.05, 3.63) is 58.1 Å². The van der Waals surface area contributed by atoms with Gasteiger partial charge in [-0.15, -0.1) is 0 Å². The summed E-state index contributed by atoms with van der Waals surface area (Å²) in [6.07, 6.45) is 0.964. The second kappa shape index (κ2) is 10.1. The Morgan fingerprint density at radius 2 is 1.85 bits per heavy atom. The number of halogens is 1. The summed E-state index contributed by atoms with van der Waals surface area (Å²) >= 11 is 3.46. The number of hydrogen-bond donors (Lipinski definition) is 2. The van der Waals surface area contributed by atoms with Crippen molar-refractivity contribution in [2.24, 2.45) is 5.92 Å². The van der Waals surface area contributed by atoms with Crippen LogP contribution in [0.5, 0.6) is 5.75 Å². The maximum atomic E-state index is 12.6. The summed E-state index contributed by atoms with van der Waals surface area (Å²) in [5.41, 5.74) is 1.38. The van der Waals surface area contributed by atoms with Gasteiger partial charge >= 0.3 is 0 Å². The first-order valence-electron chi connectivity index (χ1n) is 9.03. The van der Waals surface area contributed by atoms with Crippen LogP contribution in [0.3, 0.4) is 0 Å². The van der Waals surface area contributed by atoms with Gasteiger partial charge < -0.3 is 15.4 Å². The Labute approximate surface area is 168 Å². The lowest BCUT2D eigenvalue weighted by Crippen LogP contribution is -2.24. The highest BCUT2D eigenvalue weighted by atomic mass is 79.9. The molecule has 0 fully saturated rings. The van der Waals surface area contributed by atoms with Crippen LogP contribution in [0.25, 0.3) is 0 Å². The number of nitrogens with one attached hydrogen (secondary N) is 2. The lowest BCUT2D eigenvalue weighted by Gasteiger charge is -2.13. The molecule has 0 aliphatic heterocycles. The SMILES string of the molecule is CCNC(=O)c1ccccc1NC(=O)c1ccc(OCCC(C)C)c(Br)c1. The van der Waals surface area contributed by atoms with Crippen molar-refractivity contribution in [1.82, 2.24) is 5.32 Å². The molecule has 0 saturated carbocycles. The van der Waals surface area contributed by atoms with E-state index >= 15 is 0 Å². The van der Waals surface area contributed by atoms with Gasteiger partial charge in [-0.1, -0.05) is 26.0 Å². The summed E-state index contributed by atoms with van der Waals surface area (Å²) in [5, 5.41) is 5.55. The molecule has 0 unspecified atom stereocenters. The Bertz CT molecular complexity index is 806. The Morgan fingerprint density at radius 3 is 2.52 bits per heavy atom. The fraction of sp³-hybridized carbons (Fsp3) is 0.333. The molecular formula is C21H25BrN2O3. The number of para-hydroxylation sites is 1. The normalized spacial score (nSPS) is 10.6. The van der Waals surface area contributed by atoms with Gasteiger partial charge in [-0.2, -0.15) is 0 Å². The van der Waals surface area contributed by atoms with Crippen molar-refractivity contribution in [2.45, 2.75) is 27.2 Å². The molecule has 0 spiro atoms. The highest BCUT2D eigenvalue weighted by Gasteiger charge is 2.14. The number of amides is 2. The van der Waals surface area contributed by atoms with E-state index in [1.165, 1.54) is 0 Å². The first kappa shape index (κ1) is 21.0. The van der Waals surface area contributed by atoms with Crippen molar-refractivity contribution in [2.75, 3.05) is 18.5 Å². The largest absolute Gasteiger partial charge is 0.492 e. The second-order valence-corrected chi connectivity index (χ2v) is 7.39. The molecule has 27 heavy (non-hydrogen) atoms. The Morgan fingerprint density at radius 1 is 1.11 bits per heavy atom. The molecule has 0 aliphatic carbocycles. The fourth-order valence-corrected chi connectivity index (χ4v) is 2.90. The molecule has 2 aromatic rings. The van der Waals surface area contributed by atoms with Crippen molar-refractivity contribution in [3.63, 3.8) is 0 Å². The maximum absolute atomic E-state index is 12.6. The number of hydrogen-bond acceptors (Lipinski definition) is 3. The van der Waals surface area contributed by atoms with Crippen LogP contribution in [0.1, 0.15) is 47.9 Å². The molecule has 2 aromatic carbocycles. The van der Waals surface area contributed by atoms with Crippen LogP contribution in [0.4, 0.5) is 5.69 Å². The zero-order chi connectivity index (χ0) is 19.8. The summed E-state index contributed by atoms with van der Waals surface area (Å²) in [7, 11) is 0. The molecule has 5 nitrogen and oxygen atoms in total. The van der Waals surface area contributed by atoms with Crippen molar-refractivity contribution < 1.29 is 14.3 Å². The van der Waals surface area contributed by atoms with Crippen LogP contribution >= 0.6 is 15.9 Å². The number of ether oxygens (including phenoxy) is 1. The van der Waals surface area contributed by atoms with Gasteiger partial charge in [0.25, 0.3) is 11.8 Å². The summed E-state index contributed by atoms with van der Waals surface area (Å²) in [4.78, 5) is 24.8. The number of benzene rings is 2. The minimum absolute atomic E-state index is 0.219. The molecule has 2 rings (SSSR count). The van der Waals surface area contributed by atoms with Crippen LogP contribution < -0.4 is 15.4 Å². The molecular weight excluding hydrogens is 408 g/mol. The minimum atomic E-state index is -0.291. The van der Waals surface area contributed by atoms with Crippen molar-refractivity contribution in [3.8, 4) is 5.75 Å². The third kappa shape index (κ3) is 6.10. The van der Waals surface area contributed by atoms with Gasteiger partial charge in [0.15, 0.2) is 0 Å². The Kier molecular flexibility index (Phi) is 7.85. The standard InChI is InChI=1S/C21H25BrN2O3/c1-4-23-21(26)16-7-5-6-8-18(16)24-20(25)15-9-10-19(17(22)13-15)27-12-11-14(2)3/h5-10,13-14H,4,11-12H2,1-3H3,(H,23,26)(H,24,25). The van der Waals surface area contributed by atoms with E-state index in [9.17, 15) is 9.59 Å². The van der Waals surface area contributed by atoms with E-state index in [-0.39, 0.29) is 11.8 Å². The van der Waals surface area contributed by atoms with Gasteiger partial charge in [0.05, 0.1) is 22.3 Å². The third-order valence-corrected chi connectivity index (χ3v) is 4.52. The predicted molar refractivity (Wildman–Crippen MR) is 111 cm³/mol. The van der Waals surface area contributed by atoms with E-state index in [4.69, 9.17) is 4.74 Å². The summed E-state index contributed by atoms with van der Waals surface area (Å²) < 4.78 is 6.47. The molecule has 0 atom stereocenters. The van der Waals surface area contributed by atoms with Gasteiger partial charge in [-0.3, -0.25) is 9.59 Å². The molecule has 2 amide bonds. The average Bonchev–Trinajstić information content (AvgIpc) is 2.63. The third-order valence-electron chi connectivity index (χ3n) is 3.90. The van der Waals surface area contributed by atoms with E-state index in [1.54, 1.807) is 42.5 Å². The summed E-state index contributed by atoms with van der Waals surface area (Å²) in [5.74, 6) is 0.762. The molecule has 0 aromatic heterocycles. The number of anilines is 1. The number of carbonyl (C=O) groups excluding carboxylic acids is 2. The van der Waals surface area contributed by atoms with Crippen LogP contribution in [-0.2, 0) is 0 Å². The van der Waals surface area contributed by atoms with Crippen LogP contribution in [0.15, 0.2) is 46.9 Å². The zero-order valence-corrected chi connectivity index (χ0v) is 17.4. The number of rotatable bonds is 8. The topological polar surface area (TPSA) is 67.4 Å². The predicted octanol–water partition coefficient (Wildman–Crippen LogP) is 4.88. The zero-order valence-electron chi connectivity index (χ0n) is 15.8. The number of carbonyl (C=O) groups is 2. The van der Waals surface area contributed by atoms with Gasteiger partial charge in [0, 0.05) is 12.1 Å². The van der Waals surface area contributed by atoms with Gasteiger partial charge in [-0.25, -0.2) is 0 Å². The van der Waals surface area contributed by atoms with E-state index in [0.717, 1.165) is 10.9 Å². The van der Waals surface area contributed by atoms with E-state index < -0.39 is 0 Å². The Hall–Kier alpha value is -2.34. The van der Waals surface area contributed by atoms with Gasteiger partial charge in [0.2, 0.25) is 0 Å². The molecule has 0 heterocycles. The van der Waals surface area contributed by atoms with E-state index in [1.807, 2.05) is 6.92 Å². The summed E-state index contributed by atoms with van der Waals surface area (Å²) in [6, 6.07) is 12.1. The maximum Gasteiger partial charge on any atom is 0.255 e. The highest BCUT2D eigenvalue weighted by molar-refractivity contribution is 9.10. The van der Waals surface area contributed by atoms with Crippen LogP contribution in [0, 0.1) is 5.92 Å².